The SMILES string of the molecule is Cc1cnn(C)c1C=Nc1ccccc1O[Si](C)(C)C. The van der Waals surface area contributed by atoms with Gasteiger partial charge in [0.1, 0.15) is 11.4 Å². The summed E-state index contributed by atoms with van der Waals surface area (Å²) in [5, 5.41) is 4.21. The topological polar surface area (TPSA) is 39.4 Å². The molecular formula is C15H21N3OSi. The van der Waals surface area contributed by atoms with Gasteiger partial charge in [-0.1, -0.05) is 12.1 Å². The van der Waals surface area contributed by atoms with E-state index in [1.165, 1.54) is 0 Å². The van der Waals surface area contributed by atoms with Gasteiger partial charge in [-0.25, -0.2) is 0 Å². The van der Waals surface area contributed by atoms with Crippen molar-refractivity contribution in [3.05, 3.63) is 41.7 Å². The summed E-state index contributed by atoms with van der Waals surface area (Å²) in [4.78, 5) is 4.57. The molecule has 0 aliphatic rings. The highest BCUT2D eigenvalue weighted by atomic mass is 28.4. The highest BCUT2D eigenvalue weighted by Gasteiger charge is 2.17. The van der Waals surface area contributed by atoms with E-state index in [1.54, 1.807) is 0 Å². The van der Waals surface area contributed by atoms with Crippen LogP contribution in [0.4, 0.5) is 5.69 Å². The monoisotopic (exact) mass is 287 g/mol. The molecule has 0 fully saturated rings. The Morgan fingerprint density at radius 1 is 1.25 bits per heavy atom. The van der Waals surface area contributed by atoms with Crippen LogP contribution in [0.2, 0.25) is 19.6 Å². The second-order valence-electron chi connectivity index (χ2n) is 5.78. The van der Waals surface area contributed by atoms with Crippen molar-refractivity contribution in [2.24, 2.45) is 12.0 Å². The van der Waals surface area contributed by atoms with Crippen molar-refractivity contribution in [3.8, 4) is 5.75 Å². The zero-order valence-corrected chi connectivity index (χ0v) is 13.7. The van der Waals surface area contributed by atoms with Crippen LogP contribution in [0.1, 0.15) is 11.3 Å². The number of rotatable bonds is 4. The van der Waals surface area contributed by atoms with Gasteiger partial charge >= 0.3 is 0 Å². The first-order valence-corrected chi connectivity index (χ1v) is 10.1. The summed E-state index contributed by atoms with van der Waals surface area (Å²) >= 11 is 0. The van der Waals surface area contributed by atoms with Crippen LogP contribution in [-0.4, -0.2) is 24.3 Å². The van der Waals surface area contributed by atoms with Crippen molar-refractivity contribution in [2.75, 3.05) is 0 Å². The third-order valence-corrected chi connectivity index (χ3v) is 3.62. The summed E-state index contributed by atoms with van der Waals surface area (Å²) in [5.74, 6) is 0.850. The van der Waals surface area contributed by atoms with Gasteiger partial charge in [-0.3, -0.25) is 9.67 Å². The van der Waals surface area contributed by atoms with E-state index in [4.69, 9.17) is 4.43 Å². The molecule has 0 N–H and O–H groups in total. The highest BCUT2D eigenvalue weighted by molar-refractivity contribution is 6.70. The van der Waals surface area contributed by atoms with Crippen LogP contribution < -0.4 is 4.43 Å². The molecule has 0 unspecified atom stereocenters. The number of hydrogen-bond acceptors (Lipinski definition) is 3. The van der Waals surface area contributed by atoms with E-state index in [0.29, 0.717) is 0 Å². The average Bonchev–Trinajstić information content (AvgIpc) is 2.66. The number of hydrogen-bond donors (Lipinski definition) is 0. The summed E-state index contributed by atoms with van der Waals surface area (Å²) in [7, 11) is 0.278. The maximum Gasteiger partial charge on any atom is 0.242 e. The quantitative estimate of drug-likeness (QED) is 0.635. The largest absolute Gasteiger partial charge is 0.543 e. The smallest absolute Gasteiger partial charge is 0.242 e. The molecule has 0 spiro atoms. The Balaban J connectivity index is 2.30. The third-order valence-electron chi connectivity index (χ3n) is 2.78. The Kier molecular flexibility index (Phi) is 4.08. The second kappa shape index (κ2) is 5.62. The first-order chi connectivity index (χ1) is 9.37. The van der Waals surface area contributed by atoms with Crippen LogP contribution in [0.25, 0.3) is 0 Å². The van der Waals surface area contributed by atoms with E-state index < -0.39 is 8.32 Å². The lowest BCUT2D eigenvalue weighted by Gasteiger charge is -2.20. The van der Waals surface area contributed by atoms with Crippen molar-refractivity contribution < 1.29 is 4.43 Å². The molecular weight excluding hydrogens is 266 g/mol. The average molecular weight is 287 g/mol. The molecule has 0 saturated heterocycles. The summed E-state index contributed by atoms with van der Waals surface area (Å²) < 4.78 is 7.89. The fourth-order valence-electron chi connectivity index (χ4n) is 1.85. The van der Waals surface area contributed by atoms with Crippen LogP contribution in [0.15, 0.2) is 35.5 Å². The van der Waals surface area contributed by atoms with Crippen LogP contribution >= 0.6 is 0 Å². The van der Waals surface area contributed by atoms with Gasteiger partial charge in [0.2, 0.25) is 8.32 Å². The van der Waals surface area contributed by atoms with E-state index in [2.05, 4.69) is 29.7 Å². The molecule has 1 heterocycles. The van der Waals surface area contributed by atoms with E-state index in [1.807, 2.05) is 55.3 Å². The lowest BCUT2D eigenvalue weighted by molar-refractivity contribution is 0.559. The number of benzene rings is 1. The number of aryl methyl sites for hydroxylation is 2. The molecule has 0 aliphatic heterocycles. The van der Waals surface area contributed by atoms with Gasteiger partial charge < -0.3 is 4.43 Å². The van der Waals surface area contributed by atoms with Gasteiger partial charge in [0, 0.05) is 7.05 Å². The minimum atomic E-state index is -1.64. The predicted molar refractivity (Wildman–Crippen MR) is 85.6 cm³/mol. The fourth-order valence-corrected chi connectivity index (χ4v) is 2.69. The third kappa shape index (κ3) is 3.57. The fraction of sp³-hybridized carbons (Fsp3) is 0.333. The van der Waals surface area contributed by atoms with Gasteiger partial charge in [-0.15, -0.1) is 0 Å². The maximum atomic E-state index is 6.07. The lowest BCUT2D eigenvalue weighted by Crippen LogP contribution is -2.29. The molecule has 5 heteroatoms. The molecule has 0 aliphatic carbocycles. The van der Waals surface area contributed by atoms with E-state index in [0.717, 1.165) is 22.7 Å². The number of para-hydroxylation sites is 2. The molecule has 1 aromatic heterocycles. The van der Waals surface area contributed by atoms with Gasteiger partial charge in [0.15, 0.2) is 0 Å². The van der Waals surface area contributed by atoms with Crippen LogP contribution in [0.3, 0.4) is 0 Å². The van der Waals surface area contributed by atoms with Crippen molar-refractivity contribution in [2.45, 2.75) is 26.6 Å². The zero-order chi connectivity index (χ0) is 14.8. The maximum absolute atomic E-state index is 6.07. The van der Waals surface area contributed by atoms with Crippen LogP contribution in [0, 0.1) is 6.92 Å². The Morgan fingerprint density at radius 3 is 2.55 bits per heavy atom. The Bertz CT molecular complexity index is 607. The molecule has 0 saturated carbocycles. The van der Waals surface area contributed by atoms with Gasteiger partial charge in [-0.05, 0) is 44.3 Å². The van der Waals surface area contributed by atoms with Crippen LogP contribution in [-0.2, 0) is 7.05 Å². The summed E-state index contributed by atoms with van der Waals surface area (Å²) in [6, 6.07) is 7.89. The van der Waals surface area contributed by atoms with Crippen molar-refractivity contribution in [1.29, 1.82) is 0 Å². The molecule has 0 bridgehead atoms. The predicted octanol–water partition coefficient (Wildman–Crippen LogP) is 3.69. The minimum Gasteiger partial charge on any atom is -0.543 e. The number of nitrogens with zero attached hydrogens (tertiary/aromatic N) is 3. The first-order valence-electron chi connectivity index (χ1n) is 6.67. The Labute approximate surface area is 121 Å². The molecule has 2 rings (SSSR count). The normalized spacial score (nSPS) is 12.1. The molecule has 0 radical (unpaired) electrons. The minimum absolute atomic E-state index is 0.850. The Morgan fingerprint density at radius 2 is 1.95 bits per heavy atom. The van der Waals surface area contributed by atoms with Crippen LogP contribution in [0.5, 0.6) is 5.75 Å². The number of aliphatic imine (C=N–C) groups is 1. The van der Waals surface area contributed by atoms with Gasteiger partial charge in [0.25, 0.3) is 0 Å². The zero-order valence-electron chi connectivity index (χ0n) is 12.7. The first kappa shape index (κ1) is 14.5. The van der Waals surface area contributed by atoms with E-state index in [-0.39, 0.29) is 0 Å². The summed E-state index contributed by atoms with van der Waals surface area (Å²) in [6.07, 6.45) is 3.68. The standard InChI is InChI=1S/C15H21N3OSi/c1-12-10-17-18(2)14(12)11-16-13-8-6-7-9-15(13)19-20(3,4)5/h6-11H,1-5H3. The molecule has 106 valence electrons. The molecule has 2 aromatic rings. The molecule has 20 heavy (non-hydrogen) atoms. The lowest BCUT2D eigenvalue weighted by atomic mass is 10.3. The van der Waals surface area contributed by atoms with Gasteiger partial charge in [-0.2, -0.15) is 5.10 Å². The molecule has 1 aromatic carbocycles. The second-order valence-corrected chi connectivity index (χ2v) is 10.2. The van der Waals surface area contributed by atoms with Crippen molar-refractivity contribution in [1.82, 2.24) is 9.78 Å². The molecule has 0 atom stereocenters. The van der Waals surface area contributed by atoms with Crippen molar-refractivity contribution in [3.63, 3.8) is 0 Å². The molecule has 0 amide bonds. The molecule has 4 nitrogen and oxygen atoms in total. The number of aromatic nitrogens is 2. The summed E-state index contributed by atoms with van der Waals surface area (Å²) in [5.41, 5.74) is 2.98. The summed E-state index contributed by atoms with van der Waals surface area (Å²) in [6.45, 7) is 8.52. The van der Waals surface area contributed by atoms with E-state index in [9.17, 15) is 0 Å². The van der Waals surface area contributed by atoms with Gasteiger partial charge in [0.05, 0.1) is 18.1 Å². The van der Waals surface area contributed by atoms with Crippen molar-refractivity contribution >= 4 is 20.2 Å². The van der Waals surface area contributed by atoms with E-state index >= 15 is 0 Å². The highest BCUT2D eigenvalue weighted by Crippen LogP contribution is 2.29. The Hall–Kier alpha value is -1.88.